The lowest BCUT2D eigenvalue weighted by molar-refractivity contribution is -0.134. The van der Waals surface area contributed by atoms with Gasteiger partial charge in [0.15, 0.2) is 11.5 Å². The Morgan fingerprint density at radius 3 is 2.25 bits per heavy atom. The SMILES string of the molecule is OC[C@H](O)C1OC(O)C(O)=C1O. The maximum absolute atomic E-state index is 9.00. The van der Waals surface area contributed by atoms with Crippen molar-refractivity contribution in [2.24, 2.45) is 0 Å². The molecule has 6 nitrogen and oxygen atoms in total. The summed E-state index contributed by atoms with van der Waals surface area (Å²) in [5.41, 5.74) is 0. The van der Waals surface area contributed by atoms with Crippen LogP contribution in [0.5, 0.6) is 0 Å². The first kappa shape index (κ1) is 9.27. The Kier molecular flexibility index (Phi) is 2.53. The molecule has 0 radical (unpaired) electrons. The first-order chi connectivity index (χ1) is 5.57. The fraction of sp³-hybridized carbons (Fsp3) is 0.667. The maximum Gasteiger partial charge on any atom is 0.218 e. The molecule has 70 valence electrons. The highest BCUT2D eigenvalue weighted by Crippen LogP contribution is 2.24. The molecule has 12 heavy (non-hydrogen) atoms. The van der Waals surface area contributed by atoms with Gasteiger partial charge in [-0.05, 0) is 0 Å². The van der Waals surface area contributed by atoms with Gasteiger partial charge in [0.1, 0.15) is 12.2 Å². The summed E-state index contributed by atoms with van der Waals surface area (Å²) in [6, 6.07) is 0. The highest BCUT2D eigenvalue weighted by atomic mass is 16.6. The van der Waals surface area contributed by atoms with Gasteiger partial charge in [-0.25, -0.2) is 0 Å². The Balaban J connectivity index is 2.73. The van der Waals surface area contributed by atoms with Gasteiger partial charge in [0.05, 0.1) is 6.61 Å². The monoisotopic (exact) mass is 178 g/mol. The molecule has 1 rings (SSSR count). The molecule has 0 saturated heterocycles. The molecule has 0 spiro atoms. The van der Waals surface area contributed by atoms with Crippen LogP contribution in [0.3, 0.4) is 0 Å². The van der Waals surface area contributed by atoms with E-state index in [-0.39, 0.29) is 0 Å². The van der Waals surface area contributed by atoms with Crippen molar-refractivity contribution in [3.8, 4) is 0 Å². The molecule has 0 amide bonds. The van der Waals surface area contributed by atoms with Crippen molar-refractivity contribution in [1.29, 1.82) is 0 Å². The van der Waals surface area contributed by atoms with Gasteiger partial charge >= 0.3 is 0 Å². The number of hydrogen-bond acceptors (Lipinski definition) is 6. The minimum atomic E-state index is -1.63. The van der Waals surface area contributed by atoms with Gasteiger partial charge in [-0.1, -0.05) is 0 Å². The topological polar surface area (TPSA) is 110 Å². The first-order valence-corrected chi connectivity index (χ1v) is 3.32. The van der Waals surface area contributed by atoms with E-state index < -0.39 is 36.6 Å². The van der Waals surface area contributed by atoms with Crippen LogP contribution in [0.1, 0.15) is 0 Å². The number of hydrogen-bond donors (Lipinski definition) is 5. The largest absolute Gasteiger partial charge is 0.506 e. The van der Waals surface area contributed by atoms with Crippen molar-refractivity contribution in [3.63, 3.8) is 0 Å². The second-order valence-corrected chi connectivity index (χ2v) is 2.43. The van der Waals surface area contributed by atoms with E-state index in [2.05, 4.69) is 4.74 Å². The van der Waals surface area contributed by atoms with Crippen molar-refractivity contribution in [2.45, 2.75) is 18.5 Å². The molecule has 0 aromatic heterocycles. The van der Waals surface area contributed by atoms with Crippen molar-refractivity contribution < 1.29 is 30.3 Å². The third kappa shape index (κ3) is 1.37. The summed E-state index contributed by atoms with van der Waals surface area (Å²) in [6.07, 6.45) is -4.24. The van der Waals surface area contributed by atoms with Gasteiger partial charge in [-0.2, -0.15) is 0 Å². The van der Waals surface area contributed by atoms with Gasteiger partial charge in [-0.15, -0.1) is 0 Å². The van der Waals surface area contributed by atoms with Gasteiger partial charge in [-0.3, -0.25) is 0 Å². The number of rotatable bonds is 2. The molecule has 1 aliphatic heterocycles. The minimum absolute atomic E-state index is 0.630. The van der Waals surface area contributed by atoms with Crippen molar-refractivity contribution in [3.05, 3.63) is 11.5 Å². The second kappa shape index (κ2) is 3.28. The van der Waals surface area contributed by atoms with Crippen LogP contribution >= 0.6 is 0 Å². The van der Waals surface area contributed by atoms with Crippen LogP contribution in [0.2, 0.25) is 0 Å². The zero-order valence-corrected chi connectivity index (χ0v) is 6.08. The van der Waals surface area contributed by atoms with E-state index in [0.717, 1.165) is 0 Å². The van der Waals surface area contributed by atoms with E-state index in [4.69, 9.17) is 25.5 Å². The number of aliphatic hydroxyl groups is 5. The molecule has 2 unspecified atom stereocenters. The summed E-state index contributed by atoms with van der Waals surface area (Å²) >= 11 is 0. The number of aliphatic hydroxyl groups excluding tert-OH is 5. The van der Waals surface area contributed by atoms with Crippen LogP contribution in [0.25, 0.3) is 0 Å². The Hall–Kier alpha value is -0.820. The van der Waals surface area contributed by atoms with Gasteiger partial charge < -0.3 is 30.3 Å². The van der Waals surface area contributed by atoms with E-state index >= 15 is 0 Å². The lowest BCUT2D eigenvalue weighted by atomic mass is 10.2. The molecule has 0 saturated carbocycles. The second-order valence-electron chi connectivity index (χ2n) is 2.43. The fourth-order valence-corrected chi connectivity index (χ4v) is 0.909. The van der Waals surface area contributed by atoms with Crippen LogP contribution in [-0.2, 0) is 4.74 Å². The standard InChI is InChI=1S/C6H10O6/c7-1-2(8)5-3(9)4(10)6(11)12-5/h2,5-11H,1H2/t2-,5?,6?/m0/s1. The lowest BCUT2D eigenvalue weighted by Crippen LogP contribution is -2.32. The lowest BCUT2D eigenvalue weighted by Gasteiger charge is -2.15. The van der Waals surface area contributed by atoms with Crippen molar-refractivity contribution >= 4 is 0 Å². The van der Waals surface area contributed by atoms with E-state index in [0.29, 0.717) is 0 Å². The van der Waals surface area contributed by atoms with E-state index in [9.17, 15) is 0 Å². The van der Waals surface area contributed by atoms with Gasteiger partial charge in [0.2, 0.25) is 6.29 Å². The summed E-state index contributed by atoms with van der Waals surface area (Å²) in [6.45, 7) is -0.630. The maximum atomic E-state index is 9.00. The highest BCUT2D eigenvalue weighted by molar-refractivity contribution is 5.13. The third-order valence-corrected chi connectivity index (χ3v) is 1.58. The average Bonchev–Trinajstić information content (AvgIpc) is 2.32. The molecule has 5 N–H and O–H groups in total. The molecule has 0 aromatic carbocycles. The first-order valence-electron chi connectivity index (χ1n) is 3.32. The van der Waals surface area contributed by atoms with Gasteiger partial charge in [0, 0.05) is 0 Å². The molecule has 6 heteroatoms. The predicted molar refractivity (Wildman–Crippen MR) is 36.3 cm³/mol. The highest BCUT2D eigenvalue weighted by Gasteiger charge is 2.37. The quantitative estimate of drug-likeness (QED) is 0.348. The molecule has 0 aliphatic carbocycles. The fourth-order valence-electron chi connectivity index (χ4n) is 0.909. The summed E-state index contributed by atoms with van der Waals surface area (Å²) in [5.74, 6) is -1.38. The van der Waals surface area contributed by atoms with Crippen molar-refractivity contribution in [1.82, 2.24) is 0 Å². The number of ether oxygens (including phenoxy) is 1. The van der Waals surface area contributed by atoms with E-state index in [1.54, 1.807) is 0 Å². The van der Waals surface area contributed by atoms with Crippen LogP contribution in [0.15, 0.2) is 11.5 Å². The van der Waals surface area contributed by atoms with Crippen LogP contribution in [0, 0.1) is 0 Å². The Labute approximate surface area is 68.0 Å². The molecule has 1 aliphatic rings. The summed E-state index contributed by atoms with van der Waals surface area (Å²) in [4.78, 5) is 0. The summed E-state index contributed by atoms with van der Waals surface area (Å²) in [7, 11) is 0. The van der Waals surface area contributed by atoms with Crippen molar-refractivity contribution in [2.75, 3.05) is 6.61 Å². The minimum Gasteiger partial charge on any atom is -0.506 e. The van der Waals surface area contributed by atoms with Gasteiger partial charge in [0.25, 0.3) is 0 Å². The molecule has 3 atom stereocenters. The molecule has 0 bridgehead atoms. The summed E-state index contributed by atoms with van der Waals surface area (Å²) in [5, 5.41) is 44.1. The summed E-state index contributed by atoms with van der Waals surface area (Å²) < 4.78 is 4.51. The predicted octanol–water partition coefficient (Wildman–Crippen LogP) is -1.62. The smallest absolute Gasteiger partial charge is 0.218 e. The molecule has 1 heterocycles. The zero-order valence-electron chi connectivity index (χ0n) is 6.08. The Bertz CT molecular complexity index is 200. The van der Waals surface area contributed by atoms with E-state index in [1.807, 2.05) is 0 Å². The molecule has 0 fully saturated rings. The van der Waals surface area contributed by atoms with Crippen LogP contribution < -0.4 is 0 Å². The normalized spacial score (nSPS) is 32.6. The molecular formula is C6H10O6. The average molecular weight is 178 g/mol. The Morgan fingerprint density at radius 1 is 1.33 bits per heavy atom. The molecule has 0 aromatic rings. The van der Waals surface area contributed by atoms with Crippen LogP contribution in [-0.4, -0.2) is 50.6 Å². The third-order valence-electron chi connectivity index (χ3n) is 1.58. The van der Waals surface area contributed by atoms with Crippen LogP contribution in [0.4, 0.5) is 0 Å². The van der Waals surface area contributed by atoms with E-state index in [1.165, 1.54) is 0 Å². The molecular weight excluding hydrogens is 168 g/mol. The zero-order chi connectivity index (χ0) is 9.30. The Morgan fingerprint density at radius 2 is 1.92 bits per heavy atom.